The molecular formula is C14H12N4O2S2. The minimum absolute atomic E-state index is 0.213. The van der Waals surface area contributed by atoms with Gasteiger partial charge in [-0.15, -0.1) is 0 Å². The fourth-order valence-corrected chi connectivity index (χ4v) is 3.26. The SMILES string of the molecule is CNc1nc2ccccn2c(=O)c1/C=C1\SC(=S)N(C)C1=O. The van der Waals surface area contributed by atoms with Crippen molar-refractivity contribution in [2.75, 3.05) is 19.4 Å². The lowest BCUT2D eigenvalue weighted by Gasteiger charge is -2.08. The third kappa shape index (κ3) is 2.30. The third-order valence-corrected chi connectivity index (χ3v) is 4.75. The van der Waals surface area contributed by atoms with Crippen molar-refractivity contribution in [1.29, 1.82) is 0 Å². The Balaban J connectivity index is 2.23. The van der Waals surface area contributed by atoms with Crippen LogP contribution in [-0.4, -0.2) is 38.6 Å². The Morgan fingerprint density at radius 3 is 2.77 bits per heavy atom. The predicted molar refractivity (Wildman–Crippen MR) is 91.9 cm³/mol. The van der Waals surface area contributed by atoms with Crippen LogP contribution in [0.15, 0.2) is 34.1 Å². The highest BCUT2D eigenvalue weighted by atomic mass is 32.2. The van der Waals surface area contributed by atoms with E-state index in [1.165, 1.54) is 21.1 Å². The number of anilines is 1. The molecule has 2 aromatic heterocycles. The first-order valence-corrected chi connectivity index (χ1v) is 7.66. The van der Waals surface area contributed by atoms with Crippen molar-refractivity contribution in [2.45, 2.75) is 0 Å². The smallest absolute Gasteiger partial charge is 0.267 e. The molecular weight excluding hydrogens is 320 g/mol. The molecule has 3 rings (SSSR count). The summed E-state index contributed by atoms with van der Waals surface area (Å²) >= 11 is 6.27. The minimum atomic E-state index is -0.240. The fraction of sp³-hybridized carbons (Fsp3) is 0.143. The molecule has 0 saturated carbocycles. The molecule has 0 atom stereocenters. The molecule has 0 aromatic carbocycles. The molecule has 1 aliphatic heterocycles. The summed E-state index contributed by atoms with van der Waals surface area (Å²) in [4.78, 5) is 30.9. The number of fused-ring (bicyclic) bond motifs is 1. The Labute approximate surface area is 135 Å². The first kappa shape index (κ1) is 14.7. The number of hydrogen-bond donors (Lipinski definition) is 1. The van der Waals surface area contributed by atoms with Crippen molar-refractivity contribution in [3.05, 3.63) is 45.2 Å². The topological polar surface area (TPSA) is 66.7 Å². The summed E-state index contributed by atoms with van der Waals surface area (Å²) < 4.78 is 1.91. The van der Waals surface area contributed by atoms with E-state index in [9.17, 15) is 9.59 Å². The Morgan fingerprint density at radius 2 is 2.14 bits per heavy atom. The number of nitrogens with one attached hydrogen (secondary N) is 1. The number of pyridine rings is 1. The molecule has 1 N–H and O–H groups in total. The molecule has 0 bridgehead atoms. The van der Waals surface area contributed by atoms with Gasteiger partial charge < -0.3 is 5.32 Å². The average Bonchev–Trinajstić information content (AvgIpc) is 2.77. The predicted octanol–water partition coefficient (Wildman–Crippen LogP) is 1.57. The molecule has 1 saturated heterocycles. The molecule has 6 nitrogen and oxygen atoms in total. The van der Waals surface area contributed by atoms with Crippen molar-refractivity contribution >= 4 is 51.7 Å². The zero-order chi connectivity index (χ0) is 15.9. The zero-order valence-corrected chi connectivity index (χ0v) is 13.5. The third-order valence-electron chi connectivity index (χ3n) is 3.27. The summed E-state index contributed by atoms with van der Waals surface area (Å²) in [6.07, 6.45) is 3.19. The summed E-state index contributed by atoms with van der Waals surface area (Å²) in [5.41, 5.74) is 0.633. The minimum Gasteiger partial charge on any atom is -0.372 e. The Hall–Kier alpha value is -2.19. The van der Waals surface area contributed by atoms with E-state index in [0.29, 0.717) is 26.3 Å². The van der Waals surface area contributed by atoms with Gasteiger partial charge in [0.05, 0.1) is 10.5 Å². The summed E-state index contributed by atoms with van der Waals surface area (Å²) in [7, 11) is 3.30. The van der Waals surface area contributed by atoms with E-state index in [0.717, 1.165) is 0 Å². The maximum absolute atomic E-state index is 12.6. The van der Waals surface area contributed by atoms with Gasteiger partial charge in [0.15, 0.2) is 0 Å². The van der Waals surface area contributed by atoms with Crippen LogP contribution in [0.5, 0.6) is 0 Å². The van der Waals surface area contributed by atoms with E-state index in [1.807, 2.05) is 6.07 Å². The van der Waals surface area contributed by atoms with Crippen molar-refractivity contribution in [3.8, 4) is 0 Å². The quantitative estimate of drug-likeness (QED) is 0.665. The summed E-state index contributed by atoms with van der Waals surface area (Å²) in [5, 5.41) is 2.90. The Bertz CT molecular complexity index is 888. The van der Waals surface area contributed by atoms with E-state index in [2.05, 4.69) is 10.3 Å². The number of aromatic nitrogens is 2. The standard InChI is InChI=1S/C14H12N4O2S2/c1-15-11-8(7-9-13(20)17(2)14(21)22-9)12(19)18-6-4-3-5-10(18)16-11/h3-7,15H,1-2H3/b9-7-. The summed E-state index contributed by atoms with van der Waals surface area (Å²) in [6.45, 7) is 0. The monoisotopic (exact) mass is 332 g/mol. The van der Waals surface area contributed by atoms with Gasteiger partial charge in [0, 0.05) is 20.3 Å². The molecule has 0 radical (unpaired) electrons. The van der Waals surface area contributed by atoms with Crippen LogP contribution in [0.4, 0.5) is 5.82 Å². The molecule has 0 unspecified atom stereocenters. The van der Waals surface area contributed by atoms with Crippen molar-refractivity contribution in [3.63, 3.8) is 0 Å². The van der Waals surface area contributed by atoms with Crippen LogP contribution in [0.3, 0.4) is 0 Å². The van der Waals surface area contributed by atoms with Crippen LogP contribution in [-0.2, 0) is 4.79 Å². The van der Waals surface area contributed by atoms with Gasteiger partial charge in [0.25, 0.3) is 11.5 Å². The van der Waals surface area contributed by atoms with Gasteiger partial charge in [-0.3, -0.25) is 18.9 Å². The van der Waals surface area contributed by atoms with Crippen LogP contribution in [0.2, 0.25) is 0 Å². The highest BCUT2D eigenvalue weighted by Gasteiger charge is 2.29. The molecule has 2 aromatic rings. The van der Waals surface area contributed by atoms with E-state index < -0.39 is 0 Å². The highest BCUT2D eigenvalue weighted by Crippen LogP contribution is 2.31. The lowest BCUT2D eigenvalue weighted by atomic mass is 10.2. The number of rotatable bonds is 2. The second-order valence-electron chi connectivity index (χ2n) is 4.60. The summed E-state index contributed by atoms with van der Waals surface area (Å²) in [6, 6.07) is 5.31. The maximum Gasteiger partial charge on any atom is 0.267 e. The molecule has 8 heteroatoms. The van der Waals surface area contributed by atoms with E-state index in [1.54, 1.807) is 38.5 Å². The number of thioether (sulfide) groups is 1. The first-order valence-electron chi connectivity index (χ1n) is 6.43. The number of nitrogens with zero attached hydrogens (tertiary/aromatic N) is 3. The number of thiocarbonyl (C=S) groups is 1. The molecule has 1 amide bonds. The largest absolute Gasteiger partial charge is 0.372 e. The van der Waals surface area contributed by atoms with Gasteiger partial charge >= 0.3 is 0 Å². The highest BCUT2D eigenvalue weighted by molar-refractivity contribution is 8.26. The van der Waals surface area contributed by atoms with Gasteiger partial charge in [-0.1, -0.05) is 30.0 Å². The number of likely N-dealkylation sites (N-methyl/N-ethyl adjacent to an activating group) is 1. The summed E-state index contributed by atoms with van der Waals surface area (Å²) in [5.74, 6) is 0.215. The Kier molecular flexibility index (Phi) is 3.71. The molecule has 112 valence electrons. The number of hydrogen-bond acceptors (Lipinski definition) is 6. The first-order chi connectivity index (χ1) is 10.5. The van der Waals surface area contributed by atoms with Crippen LogP contribution in [0, 0.1) is 0 Å². The maximum atomic E-state index is 12.6. The van der Waals surface area contributed by atoms with Crippen LogP contribution < -0.4 is 10.9 Å². The van der Waals surface area contributed by atoms with Crippen molar-refractivity contribution in [1.82, 2.24) is 14.3 Å². The lowest BCUT2D eigenvalue weighted by Crippen LogP contribution is -2.23. The van der Waals surface area contributed by atoms with Gasteiger partial charge in [-0.25, -0.2) is 4.98 Å². The van der Waals surface area contributed by atoms with Crippen molar-refractivity contribution < 1.29 is 4.79 Å². The second kappa shape index (κ2) is 5.54. The van der Waals surface area contributed by atoms with Crippen LogP contribution >= 0.6 is 24.0 Å². The molecule has 0 aliphatic carbocycles. The molecule has 22 heavy (non-hydrogen) atoms. The molecule has 1 fully saturated rings. The van der Waals surface area contributed by atoms with E-state index in [-0.39, 0.29) is 11.5 Å². The van der Waals surface area contributed by atoms with Gasteiger partial charge in [-0.05, 0) is 18.2 Å². The average molecular weight is 332 g/mol. The van der Waals surface area contributed by atoms with E-state index >= 15 is 0 Å². The van der Waals surface area contributed by atoms with Gasteiger partial charge in [0.2, 0.25) is 0 Å². The van der Waals surface area contributed by atoms with Crippen LogP contribution in [0.1, 0.15) is 5.56 Å². The normalized spacial score (nSPS) is 16.8. The second-order valence-corrected chi connectivity index (χ2v) is 6.27. The van der Waals surface area contributed by atoms with Crippen molar-refractivity contribution in [2.24, 2.45) is 0 Å². The number of carbonyl (C=O) groups excluding carboxylic acids is 1. The van der Waals surface area contributed by atoms with Gasteiger partial charge in [0.1, 0.15) is 15.8 Å². The number of amides is 1. The lowest BCUT2D eigenvalue weighted by molar-refractivity contribution is -0.121. The van der Waals surface area contributed by atoms with Crippen LogP contribution in [0.25, 0.3) is 11.7 Å². The molecule has 1 aliphatic rings. The number of carbonyl (C=O) groups is 1. The fourth-order valence-electron chi connectivity index (χ4n) is 2.10. The molecule has 0 spiro atoms. The molecule has 3 heterocycles. The van der Waals surface area contributed by atoms with E-state index in [4.69, 9.17) is 12.2 Å². The Morgan fingerprint density at radius 1 is 1.36 bits per heavy atom. The zero-order valence-electron chi connectivity index (χ0n) is 11.9. The van der Waals surface area contributed by atoms with Gasteiger partial charge in [-0.2, -0.15) is 0 Å².